The highest BCUT2D eigenvalue weighted by atomic mass is 32.1. The molecule has 0 bridgehead atoms. The Hall–Kier alpha value is -6.68. The summed E-state index contributed by atoms with van der Waals surface area (Å²) in [4.78, 5) is 11.1. The monoisotopic (exact) mass is 704 g/mol. The average Bonchev–Trinajstić information content (AvgIpc) is 3.77. The van der Waals surface area contributed by atoms with Crippen LogP contribution in [0.3, 0.4) is 0 Å². The maximum absolute atomic E-state index is 5.57. The van der Waals surface area contributed by atoms with Gasteiger partial charge in [-0.15, -0.1) is 11.3 Å². The van der Waals surface area contributed by atoms with Crippen LogP contribution in [0.15, 0.2) is 194 Å². The SMILES string of the molecule is c1ccc(-c2nc(-c3cc4c(cc3-c3cccc5ccccc35)-c3ccccc3C4(c3ccccc3)c3ccccc3)nc3c2sc2ccccc23)cc1. The average molecular weight is 705 g/mol. The Morgan fingerprint density at radius 2 is 1.02 bits per heavy atom. The number of thiophene rings is 1. The minimum atomic E-state index is -0.554. The fraction of sp³-hybridized carbons (Fsp3) is 0.0196. The van der Waals surface area contributed by atoms with E-state index < -0.39 is 5.41 Å². The van der Waals surface area contributed by atoms with Gasteiger partial charge in [0, 0.05) is 21.2 Å². The van der Waals surface area contributed by atoms with E-state index in [0.717, 1.165) is 43.8 Å². The third-order valence-electron chi connectivity index (χ3n) is 11.2. The van der Waals surface area contributed by atoms with Gasteiger partial charge in [-0.25, -0.2) is 9.97 Å². The molecule has 2 heterocycles. The molecule has 1 aliphatic carbocycles. The van der Waals surface area contributed by atoms with Crippen molar-refractivity contribution in [1.29, 1.82) is 0 Å². The molecule has 2 aromatic heterocycles. The first-order valence-corrected chi connectivity index (χ1v) is 19.2. The lowest BCUT2D eigenvalue weighted by Crippen LogP contribution is -2.28. The molecule has 1 aliphatic rings. The van der Waals surface area contributed by atoms with Crippen molar-refractivity contribution in [2.24, 2.45) is 0 Å². The zero-order valence-corrected chi connectivity index (χ0v) is 30.1. The molecule has 0 saturated carbocycles. The Kier molecular flexibility index (Phi) is 6.98. The van der Waals surface area contributed by atoms with E-state index in [0.29, 0.717) is 0 Å². The number of rotatable bonds is 5. The molecule has 8 aromatic carbocycles. The van der Waals surface area contributed by atoms with Gasteiger partial charge in [-0.1, -0.05) is 176 Å². The predicted molar refractivity (Wildman–Crippen MR) is 226 cm³/mol. The van der Waals surface area contributed by atoms with Crippen LogP contribution in [-0.2, 0) is 5.41 Å². The van der Waals surface area contributed by atoms with Crippen molar-refractivity contribution < 1.29 is 0 Å². The second kappa shape index (κ2) is 12.2. The lowest BCUT2D eigenvalue weighted by molar-refractivity contribution is 0.768. The van der Waals surface area contributed by atoms with Crippen molar-refractivity contribution >= 4 is 42.4 Å². The zero-order chi connectivity index (χ0) is 35.6. The maximum atomic E-state index is 5.57. The molecule has 0 aliphatic heterocycles. The fourth-order valence-corrected chi connectivity index (χ4v) is 10.0. The molecule has 0 spiro atoms. The summed E-state index contributed by atoms with van der Waals surface area (Å²) in [6.07, 6.45) is 0. The van der Waals surface area contributed by atoms with Crippen LogP contribution in [0.1, 0.15) is 22.3 Å². The molecular weight excluding hydrogens is 673 g/mol. The van der Waals surface area contributed by atoms with Gasteiger partial charge in [0.25, 0.3) is 0 Å². The molecule has 54 heavy (non-hydrogen) atoms. The largest absolute Gasteiger partial charge is 0.226 e. The van der Waals surface area contributed by atoms with Crippen LogP contribution in [0.25, 0.3) is 76.0 Å². The maximum Gasteiger partial charge on any atom is 0.161 e. The Bertz CT molecular complexity index is 2990. The van der Waals surface area contributed by atoms with Crippen LogP contribution < -0.4 is 0 Å². The molecular formula is C51H32N2S. The third-order valence-corrected chi connectivity index (χ3v) is 12.4. The number of hydrogen-bond donors (Lipinski definition) is 0. The van der Waals surface area contributed by atoms with Gasteiger partial charge in [0.2, 0.25) is 0 Å². The molecule has 11 rings (SSSR count). The normalized spacial score (nSPS) is 13.0. The van der Waals surface area contributed by atoms with E-state index in [2.05, 4.69) is 194 Å². The summed E-state index contributed by atoms with van der Waals surface area (Å²) in [6, 6.07) is 70.3. The quantitative estimate of drug-likeness (QED) is 0.178. The Labute approximate surface area is 317 Å². The Balaban J connectivity index is 1.31. The van der Waals surface area contributed by atoms with Gasteiger partial charge in [0.15, 0.2) is 5.82 Å². The number of nitrogens with zero attached hydrogens (tertiary/aromatic N) is 2. The molecule has 0 atom stereocenters. The number of fused-ring (bicyclic) bond motifs is 7. The summed E-state index contributed by atoms with van der Waals surface area (Å²) in [7, 11) is 0. The first-order chi connectivity index (χ1) is 26.8. The van der Waals surface area contributed by atoms with Gasteiger partial charge in [0.05, 0.1) is 21.3 Å². The molecule has 2 nitrogen and oxygen atoms in total. The summed E-state index contributed by atoms with van der Waals surface area (Å²) in [5.41, 5.74) is 13.2. The van der Waals surface area contributed by atoms with Crippen LogP contribution in [0.5, 0.6) is 0 Å². The van der Waals surface area contributed by atoms with Crippen molar-refractivity contribution in [2.75, 3.05) is 0 Å². The van der Waals surface area contributed by atoms with Crippen LogP contribution >= 0.6 is 11.3 Å². The second-order valence-electron chi connectivity index (χ2n) is 14.0. The molecule has 3 heteroatoms. The van der Waals surface area contributed by atoms with E-state index in [1.807, 2.05) is 0 Å². The fourth-order valence-electron chi connectivity index (χ4n) is 8.86. The van der Waals surface area contributed by atoms with Gasteiger partial charge < -0.3 is 0 Å². The van der Waals surface area contributed by atoms with E-state index in [-0.39, 0.29) is 0 Å². The topological polar surface area (TPSA) is 25.8 Å². The van der Waals surface area contributed by atoms with Gasteiger partial charge in [-0.2, -0.15) is 0 Å². The van der Waals surface area contributed by atoms with E-state index in [1.54, 1.807) is 11.3 Å². The molecule has 10 aromatic rings. The summed E-state index contributed by atoms with van der Waals surface area (Å²) in [5.74, 6) is 0.724. The first-order valence-electron chi connectivity index (χ1n) is 18.4. The van der Waals surface area contributed by atoms with E-state index >= 15 is 0 Å². The lowest BCUT2D eigenvalue weighted by atomic mass is 9.67. The minimum Gasteiger partial charge on any atom is -0.226 e. The molecule has 0 saturated heterocycles. The first kappa shape index (κ1) is 30.9. The van der Waals surface area contributed by atoms with Gasteiger partial charge in [0.1, 0.15) is 0 Å². The second-order valence-corrected chi connectivity index (χ2v) is 15.1. The summed E-state index contributed by atoms with van der Waals surface area (Å²) in [6.45, 7) is 0. The van der Waals surface area contributed by atoms with Gasteiger partial charge in [-0.3, -0.25) is 0 Å². The summed E-state index contributed by atoms with van der Waals surface area (Å²) < 4.78 is 2.32. The highest BCUT2D eigenvalue weighted by Crippen LogP contribution is 2.58. The van der Waals surface area contributed by atoms with Crippen molar-refractivity contribution in [3.8, 4) is 44.9 Å². The zero-order valence-electron chi connectivity index (χ0n) is 29.3. The van der Waals surface area contributed by atoms with Crippen LogP contribution in [-0.4, -0.2) is 9.97 Å². The van der Waals surface area contributed by atoms with Crippen molar-refractivity contribution in [2.45, 2.75) is 5.41 Å². The molecule has 0 radical (unpaired) electrons. The number of benzene rings is 8. The summed E-state index contributed by atoms with van der Waals surface area (Å²) >= 11 is 1.77. The van der Waals surface area contributed by atoms with Crippen molar-refractivity contribution in [3.05, 3.63) is 216 Å². The number of hydrogen-bond acceptors (Lipinski definition) is 3. The van der Waals surface area contributed by atoms with Crippen LogP contribution in [0.2, 0.25) is 0 Å². The summed E-state index contributed by atoms with van der Waals surface area (Å²) in [5, 5.41) is 3.56. The highest BCUT2D eigenvalue weighted by molar-refractivity contribution is 7.26. The van der Waals surface area contributed by atoms with E-state index in [4.69, 9.17) is 9.97 Å². The molecule has 0 unspecified atom stereocenters. The molecule has 0 N–H and O–H groups in total. The van der Waals surface area contributed by atoms with E-state index in [9.17, 15) is 0 Å². The smallest absolute Gasteiger partial charge is 0.161 e. The van der Waals surface area contributed by atoms with E-state index in [1.165, 1.54) is 54.4 Å². The minimum absolute atomic E-state index is 0.554. The van der Waals surface area contributed by atoms with Gasteiger partial charge in [-0.05, 0) is 73.5 Å². The molecule has 0 amide bonds. The predicted octanol–water partition coefficient (Wildman–Crippen LogP) is 13.4. The molecule has 0 fully saturated rings. The highest BCUT2D eigenvalue weighted by Gasteiger charge is 2.46. The van der Waals surface area contributed by atoms with Crippen molar-refractivity contribution in [1.82, 2.24) is 9.97 Å². The van der Waals surface area contributed by atoms with Crippen LogP contribution in [0, 0.1) is 0 Å². The third kappa shape index (κ3) is 4.52. The standard InChI is InChI=1S/C51H32N2S/c1-4-18-34(19-5-1)47-49-48(40-27-13-15-30-46(40)54-49)53-50(52-47)43-32-45-42(31-41(43)38-28-16-20-33-17-10-11-25-37(33)38)39-26-12-14-29-44(39)51(45,35-21-6-2-7-22-35)36-23-8-3-9-24-36/h1-32H. The number of aromatic nitrogens is 2. The van der Waals surface area contributed by atoms with Crippen LogP contribution in [0.4, 0.5) is 0 Å². The van der Waals surface area contributed by atoms with Crippen molar-refractivity contribution in [3.63, 3.8) is 0 Å². The lowest BCUT2D eigenvalue weighted by Gasteiger charge is -2.34. The van der Waals surface area contributed by atoms with Gasteiger partial charge >= 0.3 is 0 Å². The Morgan fingerprint density at radius 3 is 1.80 bits per heavy atom. The Morgan fingerprint density at radius 1 is 0.407 bits per heavy atom. The molecule has 252 valence electrons.